The van der Waals surface area contributed by atoms with E-state index in [1.165, 1.54) is 0 Å². The van der Waals surface area contributed by atoms with Crippen molar-refractivity contribution in [2.45, 2.75) is 13.2 Å². The van der Waals surface area contributed by atoms with Gasteiger partial charge in [-0.3, -0.25) is 0 Å². The number of anilines is 1. The molecule has 0 saturated heterocycles. The van der Waals surface area contributed by atoms with Gasteiger partial charge in [-0.15, -0.1) is 0 Å². The maximum Gasteiger partial charge on any atom is 0.173 e. The zero-order valence-electron chi connectivity index (χ0n) is 8.65. The van der Waals surface area contributed by atoms with Gasteiger partial charge < -0.3 is 14.8 Å². The van der Waals surface area contributed by atoms with Crippen LogP contribution >= 0.6 is 0 Å². The van der Waals surface area contributed by atoms with Gasteiger partial charge in [-0.1, -0.05) is 0 Å². The highest BCUT2D eigenvalue weighted by molar-refractivity contribution is 5.32. The third-order valence-electron chi connectivity index (χ3n) is 1.75. The predicted molar refractivity (Wildman–Crippen MR) is 53.1 cm³/mol. The molecule has 0 aromatic carbocycles. The number of aryl methyl sites for hydroxylation is 1. The number of aromatic nitrogens is 2. The van der Waals surface area contributed by atoms with Crippen LogP contribution in [0.3, 0.4) is 0 Å². The second kappa shape index (κ2) is 5.51. The van der Waals surface area contributed by atoms with E-state index < -0.39 is 0 Å². The molecular weight excluding hydrogens is 182 g/mol. The van der Waals surface area contributed by atoms with Crippen LogP contribution in [0.4, 0.5) is 5.82 Å². The molecule has 5 nitrogen and oxygen atoms in total. The summed E-state index contributed by atoms with van der Waals surface area (Å²) in [7, 11) is 3.20. The third-order valence-corrected chi connectivity index (χ3v) is 1.75. The van der Waals surface area contributed by atoms with Gasteiger partial charge in [-0.05, 0) is 13.0 Å². The molecule has 0 aliphatic heterocycles. The van der Waals surface area contributed by atoms with Crippen LogP contribution in [0.1, 0.15) is 5.82 Å². The first-order chi connectivity index (χ1) is 6.76. The summed E-state index contributed by atoms with van der Waals surface area (Å²) in [6.45, 7) is 2.40. The Morgan fingerprint density at radius 2 is 2.14 bits per heavy atom. The average molecular weight is 197 g/mol. The molecule has 0 radical (unpaired) electrons. The Kier molecular flexibility index (Phi) is 4.28. The Hall–Kier alpha value is -1.20. The van der Waals surface area contributed by atoms with Crippen molar-refractivity contribution in [1.29, 1.82) is 0 Å². The summed E-state index contributed by atoms with van der Waals surface area (Å²) in [5.74, 6) is 1.51. The normalized spacial score (nSPS) is 10.6. The van der Waals surface area contributed by atoms with Crippen LogP contribution in [-0.4, -0.2) is 37.0 Å². The van der Waals surface area contributed by atoms with E-state index in [4.69, 9.17) is 9.47 Å². The van der Waals surface area contributed by atoms with Crippen LogP contribution in [0.2, 0.25) is 0 Å². The van der Waals surface area contributed by atoms with Crippen LogP contribution in [0.15, 0.2) is 12.3 Å². The summed E-state index contributed by atoms with van der Waals surface area (Å²) >= 11 is 0. The number of methoxy groups -OCH3 is 2. The predicted octanol–water partition coefficient (Wildman–Crippen LogP) is 0.816. The van der Waals surface area contributed by atoms with Gasteiger partial charge in [0.1, 0.15) is 11.6 Å². The highest BCUT2D eigenvalue weighted by Gasteiger charge is 2.04. The fourth-order valence-corrected chi connectivity index (χ4v) is 1.01. The molecule has 14 heavy (non-hydrogen) atoms. The lowest BCUT2D eigenvalue weighted by Crippen LogP contribution is -2.24. The Labute approximate surface area is 83.5 Å². The maximum atomic E-state index is 5.02. The quantitative estimate of drug-likeness (QED) is 0.708. The number of hydrogen-bond donors (Lipinski definition) is 1. The molecular formula is C9H15N3O2. The first-order valence-corrected chi connectivity index (χ1v) is 4.35. The van der Waals surface area contributed by atoms with Crippen molar-refractivity contribution in [3.05, 3.63) is 18.1 Å². The van der Waals surface area contributed by atoms with E-state index in [1.807, 2.05) is 6.92 Å². The van der Waals surface area contributed by atoms with Gasteiger partial charge in [0.25, 0.3) is 0 Å². The van der Waals surface area contributed by atoms with Crippen molar-refractivity contribution in [2.24, 2.45) is 0 Å². The van der Waals surface area contributed by atoms with Crippen LogP contribution in [0.25, 0.3) is 0 Å². The van der Waals surface area contributed by atoms with E-state index >= 15 is 0 Å². The number of nitrogens with zero attached hydrogens (tertiary/aromatic N) is 2. The third kappa shape index (κ3) is 3.27. The molecule has 0 bridgehead atoms. The lowest BCUT2D eigenvalue weighted by molar-refractivity contribution is -0.0914. The minimum atomic E-state index is -0.259. The van der Waals surface area contributed by atoms with Crippen molar-refractivity contribution in [3.63, 3.8) is 0 Å². The van der Waals surface area contributed by atoms with E-state index in [0.717, 1.165) is 11.6 Å². The number of rotatable bonds is 5. The second-order valence-corrected chi connectivity index (χ2v) is 2.77. The van der Waals surface area contributed by atoms with Gasteiger partial charge in [-0.25, -0.2) is 9.97 Å². The fourth-order valence-electron chi connectivity index (χ4n) is 1.01. The van der Waals surface area contributed by atoms with Gasteiger partial charge in [0.2, 0.25) is 0 Å². The molecule has 0 fully saturated rings. The van der Waals surface area contributed by atoms with Gasteiger partial charge >= 0.3 is 0 Å². The largest absolute Gasteiger partial charge is 0.365 e. The summed E-state index contributed by atoms with van der Waals surface area (Å²) in [6, 6.07) is 1.80. The monoisotopic (exact) mass is 197 g/mol. The van der Waals surface area contributed by atoms with E-state index in [1.54, 1.807) is 26.5 Å². The number of ether oxygens (including phenoxy) is 2. The number of hydrogen-bond acceptors (Lipinski definition) is 5. The van der Waals surface area contributed by atoms with Crippen molar-refractivity contribution in [2.75, 3.05) is 26.1 Å². The summed E-state index contributed by atoms with van der Waals surface area (Å²) in [5, 5.41) is 3.09. The van der Waals surface area contributed by atoms with Crippen molar-refractivity contribution >= 4 is 5.82 Å². The zero-order valence-corrected chi connectivity index (χ0v) is 8.65. The molecule has 1 heterocycles. The summed E-state index contributed by atoms with van der Waals surface area (Å²) < 4.78 is 10.0. The van der Waals surface area contributed by atoms with Crippen molar-refractivity contribution in [1.82, 2.24) is 9.97 Å². The zero-order chi connectivity index (χ0) is 10.4. The molecule has 0 aliphatic rings. The van der Waals surface area contributed by atoms with Gasteiger partial charge in [0.15, 0.2) is 6.29 Å². The molecule has 0 spiro atoms. The van der Waals surface area contributed by atoms with Gasteiger partial charge in [0.05, 0.1) is 6.54 Å². The van der Waals surface area contributed by atoms with Gasteiger partial charge in [0, 0.05) is 20.4 Å². The summed E-state index contributed by atoms with van der Waals surface area (Å²) in [6.07, 6.45) is 1.45. The first-order valence-electron chi connectivity index (χ1n) is 4.35. The van der Waals surface area contributed by atoms with Crippen LogP contribution in [-0.2, 0) is 9.47 Å². The summed E-state index contributed by atoms with van der Waals surface area (Å²) in [4.78, 5) is 8.17. The Morgan fingerprint density at radius 3 is 2.71 bits per heavy atom. The van der Waals surface area contributed by atoms with Crippen LogP contribution < -0.4 is 5.32 Å². The Morgan fingerprint density at radius 1 is 1.43 bits per heavy atom. The molecule has 1 aromatic heterocycles. The van der Waals surface area contributed by atoms with Gasteiger partial charge in [-0.2, -0.15) is 0 Å². The molecule has 1 rings (SSSR count). The van der Waals surface area contributed by atoms with E-state index in [9.17, 15) is 0 Å². The van der Waals surface area contributed by atoms with Crippen molar-refractivity contribution in [3.8, 4) is 0 Å². The topological polar surface area (TPSA) is 56.3 Å². The molecule has 1 aromatic rings. The van der Waals surface area contributed by atoms with Crippen LogP contribution in [0.5, 0.6) is 0 Å². The highest BCUT2D eigenvalue weighted by atomic mass is 16.7. The summed E-state index contributed by atoms with van der Waals surface area (Å²) in [5.41, 5.74) is 0. The first kappa shape index (κ1) is 10.9. The Bertz CT molecular complexity index is 277. The van der Waals surface area contributed by atoms with E-state index in [0.29, 0.717) is 6.54 Å². The standard InChI is InChI=1S/C9H15N3O2/c1-7-10-5-4-8(12-7)11-6-9(13-2)14-3/h4-5,9H,6H2,1-3H3,(H,10,11,12). The van der Waals surface area contributed by atoms with E-state index in [2.05, 4.69) is 15.3 Å². The molecule has 1 N–H and O–H groups in total. The minimum absolute atomic E-state index is 0.259. The SMILES string of the molecule is COC(CNc1ccnc(C)n1)OC. The molecule has 0 aliphatic carbocycles. The second-order valence-electron chi connectivity index (χ2n) is 2.77. The number of nitrogens with one attached hydrogen (secondary N) is 1. The van der Waals surface area contributed by atoms with Crippen molar-refractivity contribution < 1.29 is 9.47 Å². The molecule has 0 unspecified atom stereocenters. The minimum Gasteiger partial charge on any atom is -0.365 e. The Balaban J connectivity index is 2.44. The van der Waals surface area contributed by atoms with Crippen LogP contribution in [0, 0.1) is 6.92 Å². The highest BCUT2D eigenvalue weighted by Crippen LogP contribution is 2.01. The lowest BCUT2D eigenvalue weighted by Gasteiger charge is -2.14. The maximum absolute atomic E-state index is 5.02. The molecule has 0 atom stereocenters. The molecule has 5 heteroatoms. The molecule has 0 saturated carbocycles. The fraction of sp³-hybridized carbons (Fsp3) is 0.556. The lowest BCUT2D eigenvalue weighted by atomic mass is 10.5. The molecule has 78 valence electrons. The molecule has 0 amide bonds. The smallest absolute Gasteiger partial charge is 0.173 e. The van der Waals surface area contributed by atoms with E-state index in [-0.39, 0.29) is 6.29 Å². The average Bonchev–Trinajstić information content (AvgIpc) is 2.19.